The van der Waals surface area contributed by atoms with E-state index < -0.39 is 33.4 Å². The minimum absolute atomic E-state index is 0.0423. The topological polar surface area (TPSA) is 113 Å². The summed E-state index contributed by atoms with van der Waals surface area (Å²) in [4.78, 5) is 40.1. The number of imide groups is 1. The van der Waals surface area contributed by atoms with Crippen LogP contribution in [0.25, 0.3) is 0 Å². The lowest BCUT2D eigenvalue weighted by Gasteiger charge is -2.29. The van der Waals surface area contributed by atoms with Crippen LogP contribution in [0.15, 0.2) is 0 Å². The number of rotatable bonds is 6. The monoisotopic (exact) mass is 387 g/mol. The van der Waals surface area contributed by atoms with Gasteiger partial charge in [0.05, 0.1) is 18.1 Å². The summed E-state index contributed by atoms with van der Waals surface area (Å²) in [6.45, 7) is 0.114. The predicted octanol–water partition coefficient (Wildman–Crippen LogP) is -0.487. The standard InChI is InChI=1S/C16H25N3O6S/c1-25-8-7-18(12-4-9-26(23,24)11-12)13(20)10-19-14(21)16(17-15(19)22)5-2-3-6-16/h12H,2-11H2,1H3,(H,17,22). The van der Waals surface area contributed by atoms with Crippen molar-refractivity contribution < 1.29 is 27.5 Å². The van der Waals surface area contributed by atoms with E-state index in [0.29, 0.717) is 19.3 Å². The Bertz CT molecular complexity index is 701. The molecule has 1 aliphatic carbocycles. The summed E-state index contributed by atoms with van der Waals surface area (Å²) >= 11 is 0. The van der Waals surface area contributed by atoms with E-state index in [0.717, 1.165) is 17.7 Å². The van der Waals surface area contributed by atoms with Crippen molar-refractivity contribution in [3.05, 3.63) is 0 Å². The molecule has 1 N–H and O–H groups in total. The van der Waals surface area contributed by atoms with Crippen LogP contribution < -0.4 is 5.32 Å². The first-order valence-electron chi connectivity index (χ1n) is 8.91. The van der Waals surface area contributed by atoms with Crippen molar-refractivity contribution in [3.63, 3.8) is 0 Å². The van der Waals surface area contributed by atoms with Crippen LogP contribution >= 0.6 is 0 Å². The Balaban J connectivity index is 1.71. The molecule has 26 heavy (non-hydrogen) atoms. The van der Waals surface area contributed by atoms with Gasteiger partial charge in [0, 0.05) is 19.7 Å². The number of amides is 4. The van der Waals surface area contributed by atoms with Crippen molar-refractivity contribution in [2.24, 2.45) is 0 Å². The molecule has 0 aromatic heterocycles. The Hall–Kier alpha value is -1.68. The molecule has 3 aliphatic rings. The highest BCUT2D eigenvalue weighted by Gasteiger charge is 2.53. The van der Waals surface area contributed by atoms with E-state index in [1.807, 2.05) is 0 Å². The number of sulfone groups is 1. The predicted molar refractivity (Wildman–Crippen MR) is 92.1 cm³/mol. The van der Waals surface area contributed by atoms with Gasteiger partial charge in [0.15, 0.2) is 9.84 Å². The lowest BCUT2D eigenvalue weighted by molar-refractivity contribution is -0.140. The van der Waals surface area contributed by atoms with Gasteiger partial charge in [0.25, 0.3) is 5.91 Å². The molecule has 2 heterocycles. The van der Waals surface area contributed by atoms with Crippen molar-refractivity contribution in [1.82, 2.24) is 15.1 Å². The van der Waals surface area contributed by atoms with Crippen molar-refractivity contribution in [2.45, 2.75) is 43.7 Å². The fraction of sp³-hybridized carbons (Fsp3) is 0.812. The normalized spacial score (nSPS) is 26.5. The van der Waals surface area contributed by atoms with E-state index in [2.05, 4.69) is 5.32 Å². The van der Waals surface area contributed by atoms with Gasteiger partial charge in [0.2, 0.25) is 5.91 Å². The average Bonchev–Trinajstić information content (AvgIpc) is 3.24. The smallest absolute Gasteiger partial charge is 0.325 e. The molecule has 2 saturated heterocycles. The second kappa shape index (κ2) is 7.15. The molecule has 1 unspecified atom stereocenters. The van der Waals surface area contributed by atoms with Crippen LogP contribution in [-0.4, -0.2) is 86.0 Å². The van der Waals surface area contributed by atoms with Crippen LogP contribution in [0.5, 0.6) is 0 Å². The Kier molecular flexibility index (Phi) is 5.25. The van der Waals surface area contributed by atoms with Crippen LogP contribution in [0, 0.1) is 0 Å². The summed E-state index contributed by atoms with van der Waals surface area (Å²) in [6, 6.07) is -0.986. The highest BCUT2D eigenvalue weighted by molar-refractivity contribution is 7.91. The number of urea groups is 1. The van der Waals surface area contributed by atoms with Gasteiger partial charge in [-0.05, 0) is 19.3 Å². The van der Waals surface area contributed by atoms with Crippen molar-refractivity contribution >= 4 is 27.7 Å². The SMILES string of the molecule is COCCN(C(=O)CN1C(=O)NC2(CCCC2)C1=O)C1CCS(=O)(=O)C1. The van der Waals surface area contributed by atoms with Crippen LogP contribution in [0.3, 0.4) is 0 Å². The van der Waals surface area contributed by atoms with Crippen LogP contribution in [0.4, 0.5) is 4.79 Å². The van der Waals surface area contributed by atoms with E-state index in [1.165, 1.54) is 12.0 Å². The molecule has 0 aromatic rings. The maximum atomic E-state index is 12.8. The Labute approximate surface area is 152 Å². The Morgan fingerprint density at radius 2 is 2.04 bits per heavy atom. The highest BCUT2D eigenvalue weighted by atomic mass is 32.2. The minimum Gasteiger partial charge on any atom is -0.383 e. The number of carbonyl (C=O) groups is 3. The number of carbonyl (C=O) groups excluding carboxylic acids is 3. The summed E-state index contributed by atoms with van der Waals surface area (Å²) in [5.41, 5.74) is -0.856. The number of ether oxygens (including phenoxy) is 1. The highest BCUT2D eigenvalue weighted by Crippen LogP contribution is 2.35. The van der Waals surface area contributed by atoms with E-state index >= 15 is 0 Å². The van der Waals surface area contributed by atoms with Crippen LogP contribution in [0.1, 0.15) is 32.1 Å². The third-order valence-corrected chi connectivity index (χ3v) is 7.25. The van der Waals surface area contributed by atoms with E-state index in [4.69, 9.17) is 4.74 Å². The summed E-state index contributed by atoms with van der Waals surface area (Å²) < 4.78 is 28.5. The fourth-order valence-electron chi connectivity index (χ4n) is 4.09. The molecule has 0 bridgehead atoms. The zero-order valence-electron chi connectivity index (χ0n) is 14.9. The first kappa shape index (κ1) is 19.1. The summed E-state index contributed by atoms with van der Waals surface area (Å²) in [5.74, 6) is -0.825. The number of hydrogen-bond acceptors (Lipinski definition) is 6. The Morgan fingerprint density at radius 1 is 1.35 bits per heavy atom. The second-order valence-electron chi connectivity index (χ2n) is 7.25. The van der Waals surface area contributed by atoms with Gasteiger partial charge >= 0.3 is 6.03 Å². The van der Waals surface area contributed by atoms with Gasteiger partial charge in [-0.15, -0.1) is 0 Å². The molecule has 1 saturated carbocycles. The van der Waals surface area contributed by atoms with Gasteiger partial charge < -0.3 is 15.0 Å². The van der Waals surface area contributed by atoms with Crippen LogP contribution in [0.2, 0.25) is 0 Å². The first-order chi connectivity index (χ1) is 12.3. The number of nitrogens with zero attached hydrogens (tertiary/aromatic N) is 2. The zero-order valence-corrected chi connectivity index (χ0v) is 15.7. The zero-order chi connectivity index (χ0) is 18.9. The molecule has 0 radical (unpaired) electrons. The molecule has 3 rings (SSSR count). The van der Waals surface area contributed by atoms with Crippen molar-refractivity contribution in [3.8, 4) is 0 Å². The first-order valence-corrected chi connectivity index (χ1v) is 10.7. The van der Waals surface area contributed by atoms with E-state index in [9.17, 15) is 22.8 Å². The molecule has 9 nitrogen and oxygen atoms in total. The largest absolute Gasteiger partial charge is 0.383 e. The summed E-state index contributed by atoms with van der Waals surface area (Å²) in [5, 5.41) is 2.75. The maximum Gasteiger partial charge on any atom is 0.325 e. The third kappa shape index (κ3) is 3.57. The fourth-order valence-corrected chi connectivity index (χ4v) is 5.82. The van der Waals surface area contributed by atoms with Gasteiger partial charge in [-0.25, -0.2) is 13.2 Å². The molecule has 1 spiro atoms. The van der Waals surface area contributed by atoms with Gasteiger partial charge in [-0.2, -0.15) is 0 Å². The lowest BCUT2D eigenvalue weighted by atomic mass is 9.98. The molecular formula is C16H25N3O6S. The minimum atomic E-state index is -3.16. The lowest BCUT2D eigenvalue weighted by Crippen LogP contribution is -2.49. The van der Waals surface area contributed by atoms with Crippen molar-refractivity contribution in [1.29, 1.82) is 0 Å². The maximum absolute atomic E-state index is 12.8. The van der Waals surface area contributed by atoms with Gasteiger partial charge in [-0.3, -0.25) is 14.5 Å². The number of methoxy groups -OCH3 is 1. The summed E-state index contributed by atoms with van der Waals surface area (Å²) in [6.07, 6.45) is 3.29. The Morgan fingerprint density at radius 3 is 2.62 bits per heavy atom. The quantitative estimate of drug-likeness (QED) is 0.616. The van der Waals surface area contributed by atoms with Gasteiger partial charge in [0.1, 0.15) is 12.1 Å². The van der Waals surface area contributed by atoms with Crippen molar-refractivity contribution in [2.75, 3.05) is 38.3 Å². The molecule has 3 fully saturated rings. The number of hydrogen-bond donors (Lipinski definition) is 1. The molecule has 4 amide bonds. The molecule has 10 heteroatoms. The van der Waals surface area contributed by atoms with Crippen LogP contribution in [-0.2, 0) is 24.2 Å². The third-order valence-electron chi connectivity index (χ3n) is 5.50. The molecular weight excluding hydrogens is 362 g/mol. The molecule has 1 atom stereocenters. The average molecular weight is 387 g/mol. The second-order valence-corrected chi connectivity index (χ2v) is 9.48. The van der Waals surface area contributed by atoms with E-state index in [-0.39, 0.29) is 37.1 Å². The molecule has 2 aliphatic heterocycles. The molecule has 0 aromatic carbocycles. The number of nitrogens with one attached hydrogen (secondary N) is 1. The van der Waals surface area contributed by atoms with Gasteiger partial charge in [-0.1, -0.05) is 12.8 Å². The summed E-state index contributed by atoms with van der Waals surface area (Å²) in [7, 11) is -1.67. The van der Waals surface area contributed by atoms with E-state index in [1.54, 1.807) is 0 Å². The molecule has 146 valence electrons.